The van der Waals surface area contributed by atoms with Crippen LogP contribution in [0.15, 0.2) is 0 Å². The summed E-state index contributed by atoms with van der Waals surface area (Å²) in [5.74, 6) is -1.36. The molecule has 18 heavy (non-hydrogen) atoms. The van der Waals surface area contributed by atoms with Gasteiger partial charge in [0.25, 0.3) is 0 Å². The molecule has 0 fully saturated rings. The highest BCUT2D eigenvalue weighted by Crippen LogP contribution is 2.34. The fourth-order valence-electron chi connectivity index (χ4n) is 1.40. The number of aliphatic carboxylic acids is 1. The van der Waals surface area contributed by atoms with Crippen LogP contribution in [-0.4, -0.2) is 33.3 Å². The smallest absolute Gasteiger partial charge is 0.326 e. The van der Waals surface area contributed by atoms with Crippen molar-refractivity contribution in [2.75, 3.05) is 0 Å². The van der Waals surface area contributed by atoms with Gasteiger partial charge in [-0.2, -0.15) is 0 Å². The number of carbonyl (C=O) groups is 2. The predicted octanol–water partition coefficient (Wildman–Crippen LogP) is 1.38. The van der Waals surface area contributed by atoms with Crippen LogP contribution in [0.1, 0.15) is 40.5 Å². The zero-order chi connectivity index (χ0) is 14.6. The normalized spacial score (nSPS) is 14.1. The van der Waals surface area contributed by atoms with E-state index in [0.717, 1.165) is 0 Å². The van der Waals surface area contributed by atoms with Gasteiger partial charge in [0, 0.05) is 16.7 Å². The van der Waals surface area contributed by atoms with Gasteiger partial charge in [0.15, 0.2) is 0 Å². The van der Waals surface area contributed by atoms with Crippen molar-refractivity contribution in [2.45, 2.75) is 56.9 Å². The van der Waals surface area contributed by atoms with Crippen molar-refractivity contribution < 1.29 is 14.7 Å². The molecular formula is C11H23N2O3PS. The number of carbonyl (C=O) groups excluding carboxylic acids is 1. The monoisotopic (exact) mass is 294 g/mol. The SMILES string of the molecule is CC(C)(N)CC(=O)N[C@@H](CC(C)(C)SP)C(=O)O. The lowest BCUT2D eigenvalue weighted by Gasteiger charge is -2.27. The molecule has 0 aromatic heterocycles. The Bertz CT molecular complexity index is 316. The van der Waals surface area contributed by atoms with E-state index in [4.69, 9.17) is 10.8 Å². The molecule has 1 unspecified atom stereocenters. The first-order valence-electron chi connectivity index (χ1n) is 5.66. The van der Waals surface area contributed by atoms with Crippen molar-refractivity contribution in [1.29, 1.82) is 0 Å². The lowest BCUT2D eigenvalue weighted by atomic mass is 10.00. The Morgan fingerprint density at radius 1 is 1.39 bits per heavy atom. The maximum absolute atomic E-state index is 11.7. The maximum Gasteiger partial charge on any atom is 0.326 e. The van der Waals surface area contributed by atoms with Gasteiger partial charge in [0.05, 0.1) is 0 Å². The minimum absolute atomic E-state index is 0.102. The topological polar surface area (TPSA) is 92.4 Å². The van der Waals surface area contributed by atoms with Crippen molar-refractivity contribution >= 4 is 31.7 Å². The van der Waals surface area contributed by atoms with Crippen molar-refractivity contribution in [3.8, 4) is 0 Å². The van der Waals surface area contributed by atoms with E-state index in [1.807, 2.05) is 13.8 Å². The van der Waals surface area contributed by atoms with E-state index in [0.29, 0.717) is 6.42 Å². The Morgan fingerprint density at radius 3 is 2.22 bits per heavy atom. The molecule has 1 amide bonds. The van der Waals surface area contributed by atoms with E-state index in [2.05, 4.69) is 13.8 Å². The lowest BCUT2D eigenvalue weighted by Crippen LogP contribution is -2.47. The number of hydrogen-bond acceptors (Lipinski definition) is 4. The number of nitrogens with two attached hydrogens (primary N) is 1. The average Bonchev–Trinajstić information content (AvgIpc) is 2.13. The third-order valence-corrected chi connectivity index (χ3v) is 4.98. The molecule has 0 aromatic rings. The molecule has 0 saturated carbocycles. The van der Waals surface area contributed by atoms with Crippen LogP contribution in [0.4, 0.5) is 0 Å². The number of carboxylic acids is 1. The summed E-state index contributed by atoms with van der Waals surface area (Å²) in [5.41, 5.74) is 5.09. The molecule has 0 aromatic carbocycles. The second kappa shape index (κ2) is 6.73. The van der Waals surface area contributed by atoms with Crippen LogP contribution in [0.3, 0.4) is 0 Å². The van der Waals surface area contributed by atoms with Gasteiger partial charge in [-0.25, -0.2) is 4.79 Å². The second-order valence-electron chi connectivity index (χ2n) is 5.71. The first-order chi connectivity index (χ1) is 7.97. The number of carboxylic acid groups (broad SMARTS) is 1. The highest BCUT2D eigenvalue weighted by Gasteiger charge is 2.29. The molecule has 0 aliphatic carbocycles. The molecule has 0 bridgehead atoms. The Hall–Kier alpha value is -0.320. The molecular weight excluding hydrogens is 271 g/mol. The van der Waals surface area contributed by atoms with E-state index in [-0.39, 0.29) is 17.1 Å². The zero-order valence-electron chi connectivity index (χ0n) is 11.3. The Morgan fingerprint density at radius 2 is 1.89 bits per heavy atom. The molecule has 0 saturated heterocycles. The standard InChI is InChI=1S/C11H23N2O3PS/c1-10(2,12)6-8(14)13-7(9(15)16)5-11(3,4)18-17/h7H,5-6,12,17H2,1-4H3,(H,13,14)(H,15,16)/t7-/m0/s1. The third kappa shape index (κ3) is 7.90. The van der Waals surface area contributed by atoms with Crippen molar-refractivity contribution in [3.05, 3.63) is 0 Å². The summed E-state index contributed by atoms with van der Waals surface area (Å²) in [5, 5.41) is 11.6. The van der Waals surface area contributed by atoms with Gasteiger partial charge in [-0.3, -0.25) is 4.79 Å². The summed E-state index contributed by atoms with van der Waals surface area (Å²) in [7, 11) is 2.51. The number of nitrogens with one attached hydrogen (secondary N) is 1. The molecule has 2 atom stereocenters. The van der Waals surface area contributed by atoms with Crippen LogP contribution in [0.5, 0.6) is 0 Å². The quantitative estimate of drug-likeness (QED) is 0.617. The molecule has 4 N–H and O–H groups in total. The average molecular weight is 294 g/mol. The molecule has 0 radical (unpaired) electrons. The number of rotatable bonds is 7. The molecule has 106 valence electrons. The van der Waals surface area contributed by atoms with E-state index in [1.165, 1.54) is 11.4 Å². The van der Waals surface area contributed by atoms with Crippen molar-refractivity contribution in [3.63, 3.8) is 0 Å². The summed E-state index contributed by atoms with van der Waals surface area (Å²) in [6.07, 6.45) is 0.457. The van der Waals surface area contributed by atoms with E-state index >= 15 is 0 Å². The van der Waals surface area contributed by atoms with Gasteiger partial charge in [-0.05, 0) is 20.3 Å². The second-order valence-corrected chi connectivity index (χ2v) is 7.75. The predicted molar refractivity (Wildman–Crippen MR) is 78.4 cm³/mol. The Kier molecular flexibility index (Phi) is 6.61. The molecule has 0 rings (SSSR count). The minimum atomic E-state index is -1.02. The first-order valence-corrected chi connectivity index (χ1v) is 7.95. The molecule has 0 aliphatic heterocycles. The molecule has 5 nitrogen and oxygen atoms in total. The highest BCUT2D eigenvalue weighted by atomic mass is 32.7. The van der Waals surface area contributed by atoms with Crippen LogP contribution < -0.4 is 11.1 Å². The van der Waals surface area contributed by atoms with Crippen LogP contribution >= 0.6 is 19.8 Å². The van der Waals surface area contributed by atoms with E-state index in [1.54, 1.807) is 13.8 Å². The fraction of sp³-hybridized carbons (Fsp3) is 0.818. The van der Waals surface area contributed by atoms with Gasteiger partial charge in [0.2, 0.25) is 5.91 Å². The molecule has 0 spiro atoms. The summed E-state index contributed by atoms with van der Waals surface area (Å²) < 4.78 is -0.237. The van der Waals surface area contributed by atoms with E-state index in [9.17, 15) is 9.59 Å². The van der Waals surface area contributed by atoms with Crippen LogP contribution in [0.2, 0.25) is 0 Å². The van der Waals surface area contributed by atoms with Gasteiger partial charge >= 0.3 is 5.97 Å². The third-order valence-electron chi connectivity index (χ3n) is 2.26. The van der Waals surface area contributed by atoms with Gasteiger partial charge < -0.3 is 16.2 Å². The van der Waals surface area contributed by atoms with Crippen molar-refractivity contribution in [2.24, 2.45) is 5.73 Å². The number of amides is 1. The van der Waals surface area contributed by atoms with E-state index < -0.39 is 17.6 Å². The molecule has 7 heteroatoms. The minimum Gasteiger partial charge on any atom is -0.480 e. The summed E-state index contributed by atoms with van der Waals surface area (Å²) in [6.45, 7) is 7.31. The summed E-state index contributed by atoms with van der Waals surface area (Å²) in [4.78, 5) is 22.8. The fourth-order valence-corrected chi connectivity index (χ4v) is 1.95. The molecule has 0 heterocycles. The Labute approximate surface area is 115 Å². The van der Waals surface area contributed by atoms with Crippen LogP contribution in [0.25, 0.3) is 0 Å². The zero-order valence-corrected chi connectivity index (χ0v) is 13.3. The number of hydrogen-bond donors (Lipinski definition) is 3. The van der Waals surface area contributed by atoms with Gasteiger partial charge in [-0.15, -0.1) is 11.4 Å². The molecule has 0 aliphatic rings. The first kappa shape index (κ1) is 17.7. The van der Waals surface area contributed by atoms with Crippen LogP contribution in [-0.2, 0) is 9.59 Å². The van der Waals surface area contributed by atoms with Crippen molar-refractivity contribution in [1.82, 2.24) is 5.32 Å². The van der Waals surface area contributed by atoms with Gasteiger partial charge in [-0.1, -0.05) is 22.3 Å². The largest absolute Gasteiger partial charge is 0.480 e. The lowest BCUT2D eigenvalue weighted by molar-refractivity contribution is -0.142. The highest BCUT2D eigenvalue weighted by molar-refractivity contribution is 8.44. The summed E-state index contributed by atoms with van der Waals surface area (Å²) in [6, 6.07) is -0.886. The summed E-state index contributed by atoms with van der Waals surface area (Å²) >= 11 is 1.49. The van der Waals surface area contributed by atoms with Gasteiger partial charge in [0.1, 0.15) is 6.04 Å². The maximum atomic E-state index is 11.7. The van der Waals surface area contributed by atoms with Crippen LogP contribution in [0, 0.1) is 0 Å². The Balaban J connectivity index is 4.56.